The van der Waals surface area contributed by atoms with Crippen molar-refractivity contribution in [3.63, 3.8) is 0 Å². The highest BCUT2D eigenvalue weighted by molar-refractivity contribution is 14.1. The van der Waals surface area contributed by atoms with Crippen molar-refractivity contribution in [1.29, 1.82) is 0 Å². The van der Waals surface area contributed by atoms with Crippen molar-refractivity contribution in [1.82, 2.24) is 10.2 Å². The maximum Gasteiger partial charge on any atom is 0.255 e. The van der Waals surface area contributed by atoms with E-state index >= 15 is 0 Å². The highest BCUT2D eigenvalue weighted by Crippen LogP contribution is 2.24. The van der Waals surface area contributed by atoms with Gasteiger partial charge in [0, 0.05) is 16.7 Å². The van der Waals surface area contributed by atoms with E-state index in [-0.39, 0.29) is 18.3 Å². The zero-order chi connectivity index (χ0) is 13.1. The van der Waals surface area contributed by atoms with Crippen molar-refractivity contribution in [2.24, 2.45) is 5.92 Å². The molecule has 0 saturated carbocycles. The molecule has 6 heteroatoms. The minimum absolute atomic E-state index is 0. The molecule has 1 saturated heterocycles. The molecule has 0 radical (unpaired) electrons. The maximum absolute atomic E-state index is 12.3. The first kappa shape index (κ1) is 17.0. The third-order valence-electron chi connectivity index (χ3n) is 3.23. The van der Waals surface area contributed by atoms with Crippen LogP contribution in [0.3, 0.4) is 0 Å². The Balaban J connectivity index is 0.00000180. The summed E-state index contributed by atoms with van der Waals surface area (Å²) in [7, 11) is 1.94. The van der Waals surface area contributed by atoms with E-state index in [9.17, 15) is 4.79 Å². The average molecular weight is 415 g/mol. The highest BCUT2D eigenvalue weighted by atomic mass is 127. The molecule has 3 nitrogen and oxygen atoms in total. The average Bonchev–Trinajstić information content (AvgIpc) is 2.77. The molecule has 0 spiro atoms. The molecule has 1 aromatic carbocycles. The fraction of sp³-hybridized carbons (Fsp3) is 0.462. The fourth-order valence-electron chi connectivity index (χ4n) is 2.31. The number of nitrogens with zero attached hydrogens (tertiary/aromatic N) is 1. The molecule has 0 aliphatic carbocycles. The van der Waals surface area contributed by atoms with E-state index in [0.717, 1.165) is 29.6 Å². The van der Waals surface area contributed by atoms with Crippen molar-refractivity contribution in [2.45, 2.75) is 6.42 Å². The Kier molecular flexibility index (Phi) is 6.86. The molecule has 1 heterocycles. The van der Waals surface area contributed by atoms with Gasteiger partial charge in [-0.3, -0.25) is 4.79 Å². The van der Waals surface area contributed by atoms with Gasteiger partial charge >= 0.3 is 0 Å². The summed E-state index contributed by atoms with van der Waals surface area (Å²) in [6.07, 6.45) is 1.06. The lowest BCUT2D eigenvalue weighted by Gasteiger charge is -2.17. The van der Waals surface area contributed by atoms with Crippen molar-refractivity contribution in [2.75, 3.05) is 26.7 Å². The van der Waals surface area contributed by atoms with Crippen molar-refractivity contribution in [3.8, 4) is 0 Å². The first-order chi connectivity index (χ1) is 8.61. The summed E-state index contributed by atoms with van der Waals surface area (Å²) in [5.74, 6) is 0.608. The van der Waals surface area contributed by atoms with E-state index in [4.69, 9.17) is 11.6 Å². The second-order valence-corrected chi connectivity index (χ2v) is 6.24. The zero-order valence-electron chi connectivity index (χ0n) is 10.7. The van der Waals surface area contributed by atoms with Crippen LogP contribution in [0.25, 0.3) is 0 Å². The number of carbonyl (C=O) groups excluding carboxylic acids is 1. The molecular formula is C13H17Cl2IN2O. The molecule has 1 atom stereocenters. The zero-order valence-corrected chi connectivity index (χ0v) is 14.4. The SMILES string of the molecule is CNCC1CCN(C(=O)c2ccc(I)cc2Cl)C1.Cl. The summed E-state index contributed by atoms with van der Waals surface area (Å²) in [4.78, 5) is 14.2. The lowest BCUT2D eigenvalue weighted by atomic mass is 10.1. The number of halogens is 3. The molecule has 106 valence electrons. The lowest BCUT2D eigenvalue weighted by molar-refractivity contribution is 0.0787. The molecule has 2 rings (SSSR count). The van der Waals surface area contributed by atoms with Crippen LogP contribution in [0.5, 0.6) is 0 Å². The van der Waals surface area contributed by atoms with Crippen molar-refractivity contribution in [3.05, 3.63) is 32.4 Å². The van der Waals surface area contributed by atoms with Crippen LogP contribution in [-0.2, 0) is 0 Å². The molecule has 1 fully saturated rings. The third kappa shape index (κ3) is 4.21. The van der Waals surface area contributed by atoms with Gasteiger partial charge in [-0.1, -0.05) is 11.6 Å². The van der Waals surface area contributed by atoms with E-state index < -0.39 is 0 Å². The van der Waals surface area contributed by atoms with Crippen LogP contribution in [0.1, 0.15) is 16.8 Å². The molecule has 1 N–H and O–H groups in total. The van der Waals surface area contributed by atoms with Gasteiger partial charge in [-0.25, -0.2) is 0 Å². The van der Waals surface area contributed by atoms with Crippen molar-refractivity contribution < 1.29 is 4.79 Å². The number of rotatable bonds is 3. The van der Waals surface area contributed by atoms with Gasteiger partial charge in [-0.05, 0) is 66.7 Å². The normalized spacial score (nSPS) is 18.3. The first-order valence-electron chi connectivity index (χ1n) is 6.00. The minimum atomic E-state index is 0. The number of amides is 1. The summed E-state index contributed by atoms with van der Waals surface area (Å²) >= 11 is 8.33. The summed E-state index contributed by atoms with van der Waals surface area (Å²) < 4.78 is 1.05. The second kappa shape index (κ2) is 7.67. The van der Waals surface area contributed by atoms with Gasteiger partial charge in [0.1, 0.15) is 0 Å². The van der Waals surface area contributed by atoms with E-state index in [0.29, 0.717) is 16.5 Å². The fourth-order valence-corrected chi connectivity index (χ4v) is 3.24. The molecule has 1 aromatic rings. The molecule has 1 aliphatic heterocycles. The molecular weight excluding hydrogens is 398 g/mol. The summed E-state index contributed by atoms with van der Waals surface area (Å²) in [5.41, 5.74) is 0.613. The lowest BCUT2D eigenvalue weighted by Crippen LogP contribution is -2.30. The number of hydrogen-bond donors (Lipinski definition) is 1. The maximum atomic E-state index is 12.3. The predicted octanol–water partition coefficient (Wildman–Crippen LogP) is 3.05. The van der Waals surface area contributed by atoms with Gasteiger partial charge in [-0.15, -0.1) is 12.4 Å². The quantitative estimate of drug-likeness (QED) is 0.771. The van der Waals surface area contributed by atoms with Crippen LogP contribution >= 0.6 is 46.6 Å². The van der Waals surface area contributed by atoms with Crippen LogP contribution in [0, 0.1) is 9.49 Å². The van der Waals surface area contributed by atoms with Gasteiger partial charge in [0.2, 0.25) is 0 Å². The Morgan fingerprint density at radius 1 is 1.58 bits per heavy atom. The van der Waals surface area contributed by atoms with Gasteiger partial charge < -0.3 is 10.2 Å². The van der Waals surface area contributed by atoms with E-state index in [1.807, 2.05) is 30.1 Å². The molecule has 0 aromatic heterocycles. The molecule has 1 aliphatic rings. The largest absolute Gasteiger partial charge is 0.338 e. The Morgan fingerprint density at radius 3 is 2.95 bits per heavy atom. The highest BCUT2D eigenvalue weighted by Gasteiger charge is 2.27. The smallest absolute Gasteiger partial charge is 0.255 e. The van der Waals surface area contributed by atoms with Gasteiger partial charge in [-0.2, -0.15) is 0 Å². The third-order valence-corrected chi connectivity index (χ3v) is 4.21. The van der Waals surface area contributed by atoms with Crippen molar-refractivity contribution >= 4 is 52.5 Å². The van der Waals surface area contributed by atoms with Gasteiger partial charge in [0.05, 0.1) is 10.6 Å². The Morgan fingerprint density at radius 2 is 2.32 bits per heavy atom. The van der Waals surface area contributed by atoms with Crippen LogP contribution in [0.4, 0.5) is 0 Å². The van der Waals surface area contributed by atoms with Gasteiger partial charge in [0.25, 0.3) is 5.91 Å². The van der Waals surface area contributed by atoms with E-state index in [1.54, 1.807) is 0 Å². The Hall–Kier alpha value is -0.0400. The van der Waals surface area contributed by atoms with Crippen LogP contribution < -0.4 is 5.32 Å². The first-order valence-corrected chi connectivity index (χ1v) is 7.46. The molecule has 1 amide bonds. The predicted molar refractivity (Wildman–Crippen MR) is 89.4 cm³/mol. The number of nitrogens with one attached hydrogen (secondary N) is 1. The number of carbonyl (C=O) groups is 1. The number of likely N-dealkylation sites (tertiary alicyclic amines) is 1. The monoisotopic (exact) mass is 414 g/mol. The van der Waals surface area contributed by atoms with E-state index in [1.165, 1.54) is 0 Å². The second-order valence-electron chi connectivity index (χ2n) is 4.59. The van der Waals surface area contributed by atoms with Gasteiger partial charge in [0.15, 0.2) is 0 Å². The van der Waals surface area contributed by atoms with E-state index in [2.05, 4.69) is 27.9 Å². The Labute approximate surface area is 138 Å². The number of benzene rings is 1. The summed E-state index contributed by atoms with van der Waals surface area (Å²) in [5, 5.41) is 3.71. The molecule has 1 unspecified atom stereocenters. The van der Waals surface area contributed by atoms with Crippen LogP contribution in [0.15, 0.2) is 18.2 Å². The van der Waals surface area contributed by atoms with Crippen LogP contribution in [-0.4, -0.2) is 37.5 Å². The molecule has 19 heavy (non-hydrogen) atoms. The summed E-state index contributed by atoms with van der Waals surface area (Å²) in [6.45, 7) is 2.61. The summed E-state index contributed by atoms with van der Waals surface area (Å²) in [6, 6.07) is 5.56. The topological polar surface area (TPSA) is 32.3 Å². The standard InChI is InChI=1S/C13H16ClIN2O.ClH/c1-16-7-9-4-5-17(8-9)13(18)11-3-2-10(15)6-12(11)14;/h2-3,6,9,16H,4-5,7-8H2,1H3;1H. The Bertz CT molecular complexity index is 456. The minimum Gasteiger partial charge on any atom is -0.338 e. The molecule has 0 bridgehead atoms. The number of hydrogen-bond acceptors (Lipinski definition) is 2. The van der Waals surface area contributed by atoms with Crippen LogP contribution in [0.2, 0.25) is 5.02 Å².